The average molecular weight is 466 g/mol. The maximum absolute atomic E-state index is 13.2. The zero-order chi connectivity index (χ0) is 22.0. The number of rotatable bonds is 5. The van der Waals surface area contributed by atoms with Crippen LogP contribution >= 0.6 is 35.6 Å². The van der Waals surface area contributed by atoms with Gasteiger partial charge in [0.1, 0.15) is 12.4 Å². The number of hydrogen-bond donors (Lipinski definition) is 0. The molecule has 3 nitrogen and oxygen atoms in total. The molecule has 0 spiro atoms. The van der Waals surface area contributed by atoms with E-state index in [0.717, 1.165) is 27.9 Å². The van der Waals surface area contributed by atoms with Crippen LogP contribution in [0.2, 0.25) is 5.02 Å². The van der Waals surface area contributed by atoms with Crippen molar-refractivity contribution in [1.29, 1.82) is 0 Å². The van der Waals surface area contributed by atoms with Crippen LogP contribution in [-0.4, -0.2) is 10.2 Å². The fraction of sp³-hybridized carbons (Fsp3) is 0.120. The molecule has 0 atom stereocenters. The monoisotopic (exact) mass is 465 g/mol. The Morgan fingerprint density at radius 2 is 1.81 bits per heavy atom. The van der Waals surface area contributed by atoms with Gasteiger partial charge in [0.25, 0.3) is 5.91 Å². The smallest absolute Gasteiger partial charge is 0.270 e. The first-order valence-electron chi connectivity index (χ1n) is 9.74. The molecular formula is C25H20ClNO2S2. The van der Waals surface area contributed by atoms with Gasteiger partial charge < -0.3 is 4.74 Å². The van der Waals surface area contributed by atoms with Gasteiger partial charge in [-0.05, 0) is 49.2 Å². The minimum absolute atomic E-state index is 0.121. The predicted molar refractivity (Wildman–Crippen MR) is 134 cm³/mol. The zero-order valence-electron chi connectivity index (χ0n) is 17.1. The Bertz CT molecular complexity index is 1210. The third-order valence-electron chi connectivity index (χ3n) is 4.95. The lowest BCUT2D eigenvalue weighted by Gasteiger charge is -2.17. The molecule has 0 radical (unpaired) electrons. The number of carbonyl (C=O) groups is 1. The van der Waals surface area contributed by atoms with Crippen molar-refractivity contribution in [2.75, 3.05) is 4.90 Å². The van der Waals surface area contributed by atoms with Crippen molar-refractivity contribution in [2.45, 2.75) is 20.5 Å². The first-order valence-corrected chi connectivity index (χ1v) is 11.3. The number of aryl methyl sites for hydroxylation is 2. The van der Waals surface area contributed by atoms with Crippen molar-refractivity contribution >= 4 is 57.6 Å². The second-order valence-corrected chi connectivity index (χ2v) is 9.31. The molecule has 6 heteroatoms. The van der Waals surface area contributed by atoms with E-state index < -0.39 is 0 Å². The van der Waals surface area contributed by atoms with Crippen LogP contribution in [0.5, 0.6) is 5.75 Å². The molecular weight excluding hydrogens is 446 g/mol. The molecule has 3 aromatic carbocycles. The Balaban J connectivity index is 1.61. The molecule has 0 N–H and O–H groups in total. The van der Waals surface area contributed by atoms with E-state index in [1.54, 1.807) is 4.90 Å². The summed E-state index contributed by atoms with van der Waals surface area (Å²) in [6.07, 6.45) is 1.84. The summed E-state index contributed by atoms with van der Waals surface area (Å²) >= 11 is 13.1. The molecule has 0 aromatic heterocycles. The van der Waals surface area contributed by atoms with Crippen LogP contribution in [0.3, 0.4) is 0 Å². The van der Waals surface area contributed by atoms with E-state index in [9.17, 15) is 4.79 Å². The lowest BCUT2D eigenvalue weighted by molar-refractivity contribution is -0.113. The largest absolute Gasteiger partial charge is 0.488 e. The Kier molecular flexibility index (Phi) is 6.46. The van der Waals surface area contributed by atoms with E-state index in [1.165, 1.54) is 11.8 Å². The highest BCUT2D eigenvalue weighted by Gasteiger charge is 2.34. The molecule has 1 amide bonds. The Labute approximate surface area is 196 Å². The highest BCUT2D eigenvalue weighted by Crippen LogP contribution is 2.38. The first-order chi connectivity index (χ1) is 14.9. The average Bonchev–Trinajstić information content (AvgIpc) is 3.03. The van der Waals surface area contributed by atoms with E-state index in [1.807, 2.05) is 86.7 Å². The summed E-state index contributed by atoms with van der Waals surface area (Å²) in [5, 5.41) is 0.661. The molecule has 0 aliphatic carbocycles. The van der Waals surface area contributed by atoms with E-state index in [0.29, 0.717) is 26.6 Å². The van der Waals surface area contributed by atoms with Crippen molar-refractivity contribution in [3.05, 3.63) is 98.9 Å². The second-order valence-electron chi connectivity index (χ2n) is 7.22. The van der Waals surface area contributed by atoms with E-state index in [4.69, 9.17) is 28.6 Å². The quantitative estimate of drug-likeness (QED) is 0.301. The van der Waals surface area contributed by atoms with Gasteiger partial charge in [0, 0.05) is 16.1 Å². The van der Waals surface area contributed by atoms with Gasteiger partial charge in [-0.2, -0.15) is 0 Å². The van der Waals surface area contributed by atoms with Crippen LogP contribution in [0.1, 0.15) is 22.3 Å². The number of para-hydroxylation sites is 1. The third kappa shape index (κ3) is 4.69. The van der Waals surface area contributed by atoms with Gasteiger partial charge in [-0.3, -0.25) is 9.69 Å². The van der Waals surface area contributed by atoms with E-state index in [2.05, 4.69) is 0 Å². The number of carbonyl (C=O) groups excluding carboxylic acids is 1. The standard InChI is InChI=1S/C25H20ClNO2S2/c1-16-11-12-17(2)21(13-16)27-24(28)23(31-25(27)30)14-18-7-4-6-10-22(18)29-15-19-8-3-5-9-20(19)26/h3-14H,15H2,1-2H3/b23-14-. The molecule has 3 aromatic rings. The molecule has 1 aliphatic heterocycles. The van der Waals surface area contributed by atoms with Crippen molar-refractivity contribution in [3.8, 4) is 5.75 Å². The Morgan fingerprint density at radius 1 is 1.06 bits per heavy atom. The van der Waals surface area contributed by atoms with Crippen LogP contribution in [0, 0.1) is 13.8 Å². The topological polar surface area (TPSA) is 29.5 Å². The van der Waals surface area contributed by atoms with Crippen LogP contribution in [-0.2, 0) is 11.4 Å². The molecule has 0 bridgehead atoms. The summed E-state index contributed by atoms with van der Waals surface area (Å²) in [5.41, 5.74) is 4.63. The normalized spacial score (nSPS) is 15.1. The molecule has 0 saturated carbocycles. The first kappa shape index (κ1) is 21.6. The fourth-order valence-corrected chi connectivity index (χ4v) is 4.75. The third-order valence-corrected chi connectivity index (χ3v) is 6.62. The molecule has 31 heavy (non-hydrogen) atoms. The molecule has 1 heterocycles. The van der Waals surface area contributed by atoms with Crippen molar-refractivity contribution in [3.63, 3.8) is 0 Å². The van der Waals surface area contributed by atoms with Crippen LogP contribution in [0.25, 0.3) is 6.08 Å². The summed E-state index contributed by atoms with van der Waals surface area (Å²) in [6.45, 7) is 4.33. The lowest BCUT2D eigenvalue weighted by Crippen LogP contribution is -2.28. The number of amides is 1. The maximum Gasteiger partial charge on any atom is 0.270 e. The highest BCUT2D eigenvalue weighted by molar-refractivity contribution is 8.27. The van der Waals surface area contributed by atoms with Gasteiger partial charge >= 0.3 is 0 Å². The van der Waals surface area contributed by atoms with Crippen LogP contribution in [0.15, 0.2) is 71.6 Å². The van der Waals surface area contributed by atoms with Crippen LogP contribution < -0.4 is 9.64 Å². The molecule has 0 unspecified atom stereocenters. The SMILES string of the molecule is Cc1ccc(C)c(N2C(=O)/C(=C/c3ccccc3OCc3ccccc3Cl)SC2=S)c1. The van der Waals surface area contributed by atoms with E-state index >= 15 is 0 Å². The number of thiocarbonyl (C=S) groups is 1. The van der Waals surface area contributed by atoms with Gasteiger partial charge in [-0.15, -0.1) is 0 Å². The molecule has 4 rings (SSSR count). The number of thioether (sulfide) groups is 1. The summed E-state index contributed by atoms with van der Waals surface area (Å²) < 4.78 is 6.55. The van der Waals surface area contributed by atoms with Gasteiger partial charge in [-0.25, -0.2) is 0 Å². The van der Waals surface area contributed by atoms with Gasteiger partial charge in [0.05, 0.1) is 10.6 Å². The zero-order valence-corrected chi connectivity index (χ0v) is 19.5. The highest BCUT2D eigenvalue weighted by atomic mass is 35.5. The van der Waals surface area contributed by atoms with Gasteiger partial charge in [-0.1, -0.05) is 84.1 Å². The minimum Gasteiger partial charge on any atom is -0.488 e. The number of halogens is 1. The lowest BCUT2D eigenvalue weighted by atomic mass is 10.1. The van der Waals surface area contributed by atoms with Crippen LogP contribution in [0.4, 0.5) is 5.69 Å². The second kappa shape index (κ2) is 9.27. The number of ether oxygens (including phenoxy) is 1. The van der Waals surface area contributed by atoms with Crippen molar-refractivity contribution in [2.24, 2.45) is 0 Å². The Morgan fingerprint density at radius 3 is 2.61 bits per heavy atom. The van der Waals surface area contributed by atoms with Gasteiger partial charge in [0.2, 0.25) is 0 Å². The van der Waals surface area contributed by atoms with Gasteiger partial charge in [0.15, 0.2) is 4.32 Å². The van der Waals surface area contributed by atoms with Crippen molar-refractivity contribution < 1.29 is 9.53 Å². The molecule has 1 fully saturated rings. The number of nitrogens with zero attached hydrogens (tertiary/aromatic N) is 1. The predicted octanol–water partition coefficient (Wildman–Crippen LogP) is 6.94. The molecule has 1 aliphatic rings. The summed E-state index contributed by atoms with van der Waals surface area (Å²) in [5.74, 6) is 0.559. The summed E-state index contributed by atoms with van der Waals surface area (Å²) in [7, 11) is 0. The fourth-order valence-electron chi connectivity index (χ4n) is 3.28. The van der Waals surface area contributed by atoms with Crippen molar-refractivity contribution in [1.82, 2.24) is 0 Å². The number of hydrogen-bond acceptors (Lipinski definition) is 4. The number of benzene rings is 3. The molecule has 1 saturated heterocycles. The minimum atomic E-state index is -0.121. The number of anilines is 1. The molecule has 156 valence electrons. The maximum atomic E-state index is 13.2. The Hall–Kier alpha value is -2.60. The summed E-state index contributed by atoms with van der Waals surface area (Å²) in [4.78, 5) is 15.4. The summed E-state index contributed by atoms with van der Waals surface area (Å²) in [6, 6.07) is 21.2. The van der Waals surface area contributed by atoms with E-state index in [-0.39, 0.29) is 5.91 Å².